The summed E-state index contributed by atoms with van der Waals surface area (Å²) in [5.74, 6) is 0.00543. The Balaban J connectivity index is 1.72. The molecule has 4 nitrogen and oxygen atoms in total. The molecule has 0 aliphatic carbocycles. The molecule has 130 valence electrons. The topological polar surface area (TPSA) is 48.1 Å². The molecule has 0 saturated heterocycles. The number of carbonyl (C=O) groups is 1. The Kier molecular flexibility index (Phi) is 4.91. The van der Waals surface area contributed by atoms with E-state index in [2.05, 4.69) is 52.5 Å². The molecule has 4 heteroatoms. The summed E-state index contributed by atoms with van der Waals surface area (Å²) in [5, 5.41) is 4.13. The standard InChI is InChI=1S/C21H25N3O/c1-14-5-10-20-19(11-14)18(15(2)22-20)12-21(25)23-17-8-6-16(7-9-17)13-24(3)4/h5-11,22H,12-13H2,1-4H3,(H,23,25). The summed E-state index contributed by atoms with van der Waals surface area (Å²) in [5.41, 5.74) is 6.47. The monoisotopic (exact) mass is 335 g/mol. The zero-order valence-corrected chi connectivity index (χ0v) is 15.3. The Morgan fingerprint density at radius 3 is 2.48 bits per heavy atom. The number of amides is 1. The van der Waals surface area contributed by atoms with Crippen molar-refractivity contribution < 1.29 is 4.79 Å². The van der Waals surface area contributed by atoms with E-state index in [0.29, 0.717) is 6.42 Å². The number of nitrogens with one attached hydrogen (secondary N) is 2. The number of hydrogen-bond donors (Lipinski definition) is 2. The number of fused-ring (bicyclic) bond motifs is 1. The highest BCUT2D eigenvalue weighted by atomic mass is 16.1. The van der Waals surface area contributed by atoms with E-state index >= 15 is 0 Å². The number of H-pyrrole nitrogens is 1. The van der Waals surface area contributed by atoms with Gasteiger partial charge in [-0.25, -0.2) is 0 Å². The zero-order valence-electron chi connectivity index (χ0n) is 15.3. The van der Waals surface area contributed by atoms with E-state index in [4.69, 9.17) is 0 Å². The predicted molar refractivity (Wildman–Crippen MR) is 104 cm³/mol. The van der Waals surface area contributed by atoms with Gasteiger partial charge in [0.2, 0.25) is 5.91 Å². The molecular weight excluding hydrogens is 310 g/mol. The molecule has 3 aromatic rings. The summed E-state index contributed by atoms with van der Waals surface area (Å²) in [6.45, 7) is 4.98. The van der Waals surface area contributed by atoms with Gasteiger partial charge in [0.15, 0.2) is 0 Å². The van der Waals surface area contributed by atoms with Crippen molar-refractivity contribution in [3.05, 3.63) is 64.8 Å². The lowest BCUT2D eigenvalue weighted by Gasteiger charge is -2.11. The number of aromatic nitrogens is 1. The van der Waals surface area contributed by atoms with Crippen molar-refractivity contribution in [1.29, 1.82) is 0 Å². The highest BCUT2D eigenvalue weighted by Gasteiger charge is 2.13. The maximum atomic E-state index is 12.5. The number of aryl methyl sites for hydroxylation is 2. The second-order valence-corrected chi connectivity index (χ2v) is 6.94. The first-order valence-corrected chi connectivity index (χ1v) is 8.53. The van der Waals surface area contributed by atoms with Gasteiger partial charge in [0, 0.05) is 28.8 Å². The predicted octanol–water partition coefficient (Wildman–Crippen LogP) is 4.03. The van der Waals surface area contributed by atoms with E-state index in [1.807, 2.05) is 33.2 Å². The molecule has 3 rings (SSSR count). The van der Waals surface area contributed by atoms with Crippen LogP contribution in [0.15, 0.2) is 42.5 Å². The van der Waals surface area contributed by atoms with Crippen LogP contribution in [-0.2, 0) is 17.8 Å². The van der Waals surface area contributed by atoms with Gasteiger partial charge in [0.05, 0.1) is 6.42 Å². The summed E-state index contributed by atoms with van der Waals surface area (Å²) in [6, 6.07) is 14.3. The van der Waals surface area contributed by atoms with Gasteiger partial charge in [0.1, 0.15) is 0 Å². The SMILES string of the molecule is Cc1ccc2[nH]c(C)c(CC(=O)Nc3ccc(CN(C)C)cc3)c2c1. The molecule has 0 saturated carbocycles. The smallest absolute Gasteiger partial charge is 0.228 e. The number of aromatic amines is 1. The van der Waals surface area contributed by atoms with Crippen molar-refractivity contribution in [2.75, 3.05) is 19.4 Å². The molecule has 1 amide bonds. The Morgan fingerprint density at radius 1 is 1.08 bits per heavy atom. The van der Waals surface area contributed by atoms with E-state index in [-0.39, 0.29) is 5.91 Å². The zero-order chi connectivity index (χ0) is 18.0. The molecule has 0 aliphatic rings. The summed E-state index contributed by atoms with van der Waals surface area (Å²) in [4.78, 5) is 18.0. The first kappa shape index (κ1) is 17.2. The maximum absolute atomic E-state index is 12.5. The minimum Gasteiger partial charge on any atom is -0.358 e. The second-order valence-electron chi connectivity index (χ2n) is 6.94. The van der Waals surface area contributed by atoms with Crippen molar-refractivity contribution in [2.45, 2.75) is 26.8 Å². The summed E-state index contributed by atoms with van der Waals surface area (Å²) in [7, 11) is 4.09. The van der Waals surface area contributed by atoms with Crippen molar-refractivity contribution >= 4 is 22.5 Å². The van der Waals surface area contributed by atoms with Crippen molar-refractivity contribution in [2.24, 2.45) is 0 Å². The van der Waals surface area contributed by atoms with Gasteiger partial charge in [-0.3, -0.25) is 4.79 Å². The van der Waals surface area contributed by atoms with Crippen LogP contribution in [0.4, 0.5) is 5.69 Å². The lowest BCUT2D eigenvalue weighted by molar-refractivity contribution is -0.115. The van der Waals surface area contributed by atoms with Crippen LogP contribution in [0, 0.1) is 13.8 Å². The molecule has 0 radical (unpaired) electrons. The molecule has 0 unspecified atom stereocenters. The lowest BCUT2D eigenvalue weighted by atomic mass is 10.1. The van der Waals surface area contributed by atoms with Gasteiger partial charge >= 0.3 is 0 Å². The average molecular weight is 335 g/mol. The molecular formula is C21H25N3O. The van der Waals surface area contributed by atoms with Crippen molar-refractivity contribution in [1.82, 2.24) is 9.88 Å². The quantitative estimate of drug-likeness (QED) is 0.739. The Hall–Kier alpha value is -2.59. The first-order chi connectivity index (χ1) is 11.9. The summed E-state index contributed by atoms with van der Waals surface area (Å²) < 4.78 is 0. The van der Waals surface area contributed by atoms with E-state index in [1.165, 1.54) is 11.1 Å². The number of hydrogen-bond acceptors (Lipinski definition) is 2. The fourth-order valence-electron chi connectivity index (χ4n) is 3.15. The first-order valence-electron chi connectivity index (χ1n) is 8.53. The number of rotatable bonds is 5. The molecule has 0 spiro atoms. The molecule has 0 fully saturated rings. The largest absolute Gasteiger partial charge is 0.358 e. The summed E-state index contributed by atoms with van der Waals surface area (Å²) >= 11 is 0. The Labute approximate surface area is 148 Å². The van der Waals surface area contributed by atoms with Gasteiger partial charge in [-0.05, 0) is 63.3 Å². The van der Waals surface area contributed by atoms with Crippen LogP contribution in [0.25, 0.3) is 10.9 Å². The van der Waals surface area contributed by atoms with Crippen LogP contribution in [0.5, 0.6) is 0 Å². The minimum atomic E-state index is 0.00543. The van der Waals surface area contributed by atoms with Gasteiger partial charge in [-0.1, -0.05) is 23.8 Å². The van der Waals surface area contributed by atoms with Crippen LogP contribution in [0.3, 0.4) is 0 Å². The molecule has 1 aromatic heterocycles. The fourth-order valence-corrected chi connectivity index (χ4v) is 3.15. The van der Waals surface area contributed by atoms with Crippen molar-refractivity contribution in [3.63, 3.8) is 0 Å². The Morgan fingerprint density at radius 2 is 1.80 bits per heavy atom. The van der Waals surface area contributed by atoms with Crippen LogP contribution in [-0.4, -0.2) is 29.9 Å². The number of anilines is 1. The molecule has 0 aliphatic heterocycles. The third-order valence-electron chi connectivity index (χ3n) is 4.35. The molecule has 1 heterocycles. The number of carbonyl (C=O) groups excluding carboxylic acids is 1. The lowest BCUT2D eigenvalue weighted by Crippen LogP contribution is -2.15. The summed E-state index contributed by atoms with van der Waals surface area (Å²) in [6.07, 6.45) is 0.370. The third kappa shape index (κ3) is 4.09. The van der Waals surface area contributed by atoms with E-state index in [0.717, 1.165) is 34.4 Å². The average Bonchev–Trinajstić information content (AvgIpc) is 2.84. The van der Waals surface area contributed by atoms with Crippen LogP contribution in [0.1, 0.15) is 22.4 Å². The van der Waals surface area contributed by atoms with E-state index in [9.17, 15) is 4.79 Å². The molecule has 2 aromatic carbocycles. The van der Waals surface area contributed by atoms with Gasteiger partial charge in [-0.2, -0.15) is 0 Å². The van der Waals surface area contributed by atoms with E-state index in [1.54, 1.807) is 0 Å². The van der Waals surface area contributed by atoms with Gasteiger partial charge in [-0.15, -0.1) is 0 Å². The number of benzene rings is 2. The van der Waals surface area contributed by atoms with Gasteiger partial charge < -0.3 is 15.2 Å². The highest BCUT2D eigenvalue weighted by molar-refractivity contribution is 5.96. The van der Waals surface area contributed by atoms with E-state index < -0.39 is 0 Å². The minimum absolute atomic E-state index is 0.00543. The third-order valence-corrected chi connectivity index (χ3v) is 4.35. The normalized spacial score (nSPS) is 11.2. The molecule has 25 heavy (non-hydrogen) atoms. The Bertz CT molecular complexity index is 891. The molecule has 2 N–H and O–H groups in total. The number of nitrogens with zero attached hydrogens (tertiary/aromatic N) is 1. The highest BCUT2D eigenvalue weighted by Crippen LogP contribution is 2.24. The second kappa shape index (κ2) is 7.11. The van der Waals surface area contributed by atoms with Gasteiger partial charge in [0.25, 0.3) is 0 Å². The fraction of sp³-hybridized carbons (Fsp3) is 0.286. The molecule has 0 bridgehead atoms. The van der Waals surface area contributed by atoms with Crippen molar-refractivity contribution in [3.8, 4) is 0 Å². The van der Waals surface area contributed by atoms with Crippen LogP contribution in [0.2, 0.25) is 0 Å². The van der Waals surface area contributed by atoms with Crippen LogP contribution < -0.4 is 5.32 Å². The van der Waals surface area contributed by atoms with Crippen LogP contribution >= 0.6 is 0 Å². The molecule has 0 atom stereocenters. The maximum Gasteiger partial charge on any atom is 0.228 e.